The van der Waals surface area contributed by atoms with Crippen molar-refractivity contribution >= 4 is 40.9 Å². The number of carbonyl (C=O) groups excluding carboxylic acids is 5. The van der Waals surface area contributed by atoms with Gasteiger partial charge in [0, 0.05) is 79.1 Å². The fourth-order valence-corrected chi connectivity index (χ4v) is 7.81. The van der Waals surface area contributed by atoms with Crippen LogP contribution in [0.5, 0.6) is 5.75 Å². The van der Waals surface area contributed by atoms with E-state index in [1.165, 1.54) is 16.2 Å². The first-order valence-electron chi connectivity index (χ1n) is 22.0. The van der Waals surface area contributed by atoms with Crippen LogP contribution in [0.3, 0.4) is 0 Å². The molecule has 0 spiro atoms. The summed E-state index contributed by atoms with van der Waals surface area (Å²) in [5.74, 6) is 6.63. The molecule has 19 heteroatoms. The number of unbranched alkanes of at least 4 members (excludes halogenated alkanes) is 3. The van der Waals surface area contributed by atoms with Crippen molar-refractivity contribution < 1.29 is 28.7 Å². The quantitative estimate of drug-likeness (QED) is 0.0257. The van der Waals surface area contributed by atoms with Gasteiger partial charge in [0.05, 0.1) is 19.2 Å². The minimum Gasteiger partial charge on any atom is -0.494 e. The first-order chi connectivity index (χ1) is 31.9. The number of nitrogens with two attached hydrogens (primary N) is 2. The van der Waals surface area contributed by atoms with Crippen LogP contribution in [0.25, 0.3) is 11.5 Å². The van der Waals surface area contributed by atoms with Gasteiger partial charge in [-0.2, -0.15) is 0 Å². The molecule has 2 aromatic heterocycles. The summed E-state index contributed by atoms with van der Waals surface area (Å²) >= 11 is 0. The van der Waals surface area contributed by atoms with Crippen molar-refractivity contribution in [2.75, 3.05) is 23.8 Å². The number of ether oxygens (including phenoxy) is 1. The van der Waals surface area contributed by atoms with Crippen LogP contribution < -0.4 is 37.6 Å². The number of hydrogen-bond donors (Lipinski definition) is 6. The largest absolute Gasteiger partial charge is 0.494 e. The molecule has 8 N–H and O–H groups in total. The molecule has 2 aliphatic heterocycles. The average molecular weight is 898 g/mol. The SMILES string of the molecule is CC(NC(=O)c1cccc(NCc2nnc(-c3ccncn3)n2C)c1)c1cccc(OCCCCCCN(N)/C=C(\N)CCC(=O)Nc2cccc3c2CN(C2CCC(=O)NC2=O)C3=O)c1. The molecule has 0 bridgehead atoms. The Labute approximate surface area is 382 Å². The maximum absolute atomic E-state index is 13.3. The Morgan fingerprint density at radius 2 is 1.82 bits per heavy atom. The Hall–Kier alpha value is -7.67. The second kappa shape index (κ2) is 21.8. The first-order valence-corrected chi connectivity index (χ1v) is 22.0. The third kappa shape index (κ3) is 11.9. The molecule has 4 heterocycles. The van der Waals surface area contributed by atoms with Crippen LogP contribution in [0.4, 0.5) is 11.4 Å². The molecule has 2 unspecified atom stereocenters. The Morgan fingerprint density at radius 3 is 2.64 bits per heavy atom. The standard InChI is InChI=1S/C47H55N13O6/c1-30(53-45(63)32-11-7-12-34(24-32)51-26-41-56-57-44(58(41)2)39-20-21-50-29-52-39)31-10-8-13-35(25-31)66-23-6-4-3-5-22-59(49)27-33(48)16-18-42(61)54-38-15-9-14-36-37(38)28-60(47(36)65)40-17-19-43(62)55-46(40)64/h7-15,20-21,24-25,27,29-30,40,51H,3-6,16-19,22-23,26,28,48-49H2,1-2H3,(H,53,63)(H,54,61)(H,55,62,64)/b33-27-. The van der Waals surface area contributed by atoms with Crippen LogP contribution in [0.2, 0.25) is 0 Å². The lowest BCUT2D eigenvalue weighted by Crippen LogP contribution is -2.52. The molecule has 19 nitrogen and oxygen atoms in total. The Bertz CT molecular complexity index is 2580. The summed E-state index contributed by atoms with van der Waals surface area (Å²) in [5.41, 5.74) is 11.1. The fraction of sp³-hybridized carbons (Fsp3) is 0.340. The van der Waals surface area contributed by atoms with Crippen molar-refractivity contribution in [3.05, 3.63) is 125 Å². The van der Waals surface area contributed by atoms with Crippen LogP contribution in [0, 0.1) is 0 Å². The molecule has 0 aliphatic carbocycles. The Balaban J connectivity index is 0.769. The number of nitrogens with one attached hydrogen (secondary N) is 4. The van der Waals surface area contributed by atoms with Gasteiger partial charge in [-0.15, -0.1) is 10.2 Å². The van der Waals surface area contributed by atoms with Crippen molar-refractivity contribution in [2.45, 2.75) is 83.5 Å². The zero-order chi connectivity index (χ0) is 46.6. The third-order valence-electron chi connectivity index (χ3n) is 11.5. The van der Waals surface area contributed by atoms with Gasteiger partial charge in [0.1, 0.15) is 23.8 Å². The number of anilines is 2. The number of benzene rings is 3. The van der Waals surface area contributed by atoms with E-state index in [1.807, 2.05) is 54.9 Å². The fourth-order valence-electron chi connectivity index (χ4n) is 7.81. The van der Waals surface area contributed by atoms with Crippen LogP contribution in [0.1, 0.15) is 102 Å². The lowest BCUT2D eigenvalue weighted by Gasteiger charge is -2.29. The van der Waals surface area contributed by atoms with Crippen LogP contribution in [-0.2, 0) is 34.5 Å². The zero-order valence-corrected chi connectivity index (χ0v) is 37.0. The lowest BCUT2D eigenvalue weighted by atomic mass is 10.0. The molecule has 2 atom stereocenters. The van der Waals surface area contributed by atoms with Gasteiger partial charge in [-0.3, -0.25) is 29.3 Å². The number of hydrazine groups is 1. The average Bonchev–Trinajstić information content (AvgIpc) is 3.86. The maximum atomic E-state index is 13.3. The van der Waals surface area contributed by atoms with Crippen molar-refractivity contribution in [1.82, 2.24) is 45.3 Å². The smallest absolute Gasteiger partial charge is 0.255 e. The Kier molecular flexibility index (Phi) is 15.3. The topological polar surface area (TPSA) is 258 Å². The molecule has 5 aromatic rings. The highest BCUT2D eigenvalue weighted by Gasteiger charge is 2.40. The van der Waals surface area contributed by atoms with Crippen molar-refractivity contribution in [1.29, 1.82) is 0 Å². The van der Waals surface area contributed by atoms with E-state index in [1.54, 1.807) is 48.8 Å². The third-order valence-corrected chi connectivity index (χ3v) is 11.5. The second-order valence-corrected chi connectivity index (χ2v) is 16.3. The number of allylic oxidation sites excluding steroid dienone is 1. The number of rotatable bonds is 21. The minimum absolute atomic E-state index is 0.106. The summed E-state index contributed by atoms with van der Waals surface area (Å²) in [6.07, 6.45) is 9.14. The molecule has 5 amide bonds. The summed E-state index contributed by atoms with van der Waals surface area (Å²) in [4.78, 5) is 73.0. The molecule has 0 radical (unpaired) electrons. The highest BCUT2D eigenvalue weighted by molar-refractivity contribution is 6.06. The highest BCUT2D eigenvalue weighted by Crippen LogP contribution is 2.32. The van der Waals surface area contributed by atoms with Crippen LogP contribution >= 0.6 is 0 Å². The number of aromatic nitrogens is 5. The molecule has 66 heavy (non-hydrogen) atoms. The van der Waals surface area contributed by atoms with E-state index in [0.29, 0.717) is 65.1 Å². The Morgan fingerprint density at radius 1 is 1.00 bits per heavy atom. The zero-order valence-electron chi connectivity index (χ0n) is 37.0. The molecule has 7 rings (SSSR count). The highest BCUT2D eigenvalue weighted by atomic mass is 16.5. The van der Waals surface area contributed by atoms with E-state index < -0.39 is 11.9 Å². The summed E-state index contributed by atoms with van der Waals surface area (Å²) in [7, 11) is 1.88. The van der Waals surface area contributed by atoms with Gasteiger partial charge in [0.2, 0.25) is 17.7 Å². The molecule has 0 saturated carbocycles. The number of imide groups is 1. The molecule has 1 fully saturated rings. The van der Waals surface area contributed by atoms with Gasteiger partial charge in [-0.05, 0) is 86.7 Å². The number of fused-ring (bicyclic) bond motifs is 1. The van der Waals surface area contributed by atoms with Crippen LogP contribution in [0.15, 0.2) is 97.2 Å². The first kappa shape index (κ1) is 46.3. The number of piperidine rings is 1. The van der Waals surface area contributed by atoms with Gasteiger partial charge in [0.15, 0.2) is 11.6 Å². The number of hydrogen-bond acceptors (Lipinski definition) is 14. The monoisotopic (exact) mass is 897 g/mol. The van der Waals surface area contributed by atoms with E-state index in [0.717, 1.165) is 42.7 Å². The summed E-state index contributed by atoms with van der Waals surface area (Å²) in [6.45, 7) is 3.62. The van der Waals surface area contributed by atoms with Crippen molar-refractivity contribution in [3.8, 4) is 17.3 Å². The van der Waals surface area contributed by atoms with Gasteiger partial charge in [-0.25, -0.2) is 15.8 Å². The van der Waals surface area contributed by atoms with Gasteiger partial charge < -0.3 is 40.9 Å². The summed E-state index contributed by atoms with van der Waals surface area (Å²) in [6, 6.07) is 20.9. The van der Waals surface area contributed by atoms with E-state index in [2.05, 4.69) is 41.4 Å². The summed E-state index contributed by atoms with van der Waals surface area (Å²) < 4.78 is 7.92. The predicted octanol–water partition coefficient (Wildman–Crippen LogP) is 4.47. The molecule has 2 aliphatic rings. The predicted molar refractivity (Wildman–Crippen MR) is 246 cm³/mol. The molecule has 1 saturated heterocycles. The van der Waals surface area contributed by atoms with Crippen molar-refractivity contribution in [2.24, 2.45) is 18.6 Å². The lowest BCUT2D eigenvalue weighted by molar-refractivity contribution is -0.137. The normalized spacial score (nSPS) is 15.2. The van der Waals surface area contributed by atoms with Gasteiger partial charge >= 0.3 is 0 Å². The van der Waals surface area contributed by atoms with E-state index in [4.69, 9.17) is 16.3 Å². The second-order valence-electron chi connectivity index (χ2n) is 16.3. The van der Waals surface area contributed by atoms with Crippen LogP contribution in [-0.4, -0.2) is 83.4 Å². The maximum Gasteiger partial charge on any atom is 0.255 e. The molecular formula is C47H55N13O6. The number of amides is 5. The summed E-state index contributed by atoms with van der Waals surface area (Å²) in [5, 5.41) is 21.7. The van der Waals surface area contributed by atoms with Crippen molar-refractivity contribution in [3.63, 3.8) is 0 Å². The minimum atomic E-state index is -0.741. The van der Waals surface area contributed by atoms with E-state index in [-0.39, 0.29) is 61.9 Å². The van der Waals surface area contributed by atoms with E-state index >= 15 is 0 Å². The van der Waals surface area contributed by atoms with Gasteiger partial charge in [0.25, 0.3) is 11.8 Å². The number of carbonyl (C=O) groups is 5. The van der Waals surface area contributed by atoms with E-state index in [9.17, 15) is 24.0 Å². The molecular weight excluding hydrogens is 843 g/mol. The number of nitrogens with zero attached hydrogens (tertiary/aromatic N) is 7. The molecule has 344 valence electrons. The van der Waals surface area contributed by atoms with Gasteiger partial charge in [-0.1, -0.05) is 37.1 Å². The molecule has 3 aromatic carbocycles.